The minimum Gasteiger partial charge on any atom is -0.459 e. The second kappa shape index (κ2) is 7.07. The normalized spacial score (nSPS) is 18.9. The molecule has 0 aliphatic carbocycles. The van der Waals surface area contributed by atoms with E-state index in [0.717, 1.165) is 24.8 Å². The number of hydrogen-bond donors (Lipinski definition) is 0. The summed E-state index contributed by atoms with van der Waals surface area (Å²) in [5.41, 5.74) is 1.72. The Labute approximate surface area is 114 Å². The summed E-state index contributed by atoms with van der Waals surface area (Å²) in [5.74, 6) is -0.233. The van der Waals surface area contributed by atoms with Crippen LogP contribution in [0.1, 0.15) is 50.6 Å². The Morgan fingerprint density at radius 1 is 1.21 bits per heavy atom. The van der Waals surface area contributed by atoms with Gasteiger partial charge in [-0.25, -0.2) is 4.79 Å². The summed E-state index contributed by atoms with van der Waals surface area (Å²) in [4.78, 5) is 16.3. The average molecular weight is 259 g/mol. The lowest BCUT2D eigenvalue weighted by Crippen LogP contribution is -2.26. The van der Waals surface area contributed by atoms with E-state index in [2.05, 4.69) is 11.9 Å². The second-order valence-electron chi connectivity index (χ2n) is 4.91. The quantitative estimate of drug-likeness (QED) is 0.577. The molecular formula is C16H21NO2. The molecule has 1 aromatic carbocycles. The van der Waals surface area contributed by atoms with Gasteiger partial charge in [-0.1, -0.05) is 56.5 Å². The lowest BCUT2D eigenvalue weighted by Gasteiger charge is -2.20. The highest BCUT2D eigenvalue weighted by Crippen LogP contribution is 2.22. The molecule has 0 saturated heterocycles. The fourth-order valence-electron chi connectivity index (χ4n) is 2.25. The maximum atomic E-state index is 11.7. The van der Waals surface area contributed by atoms with E-state index in [1.165, 1.54) is 12.8 Å². The van der Waals surface area contributed by atoms with Crippen LogP contribution in [0.25, 0.3) is 0 Å². The van der Waals surface area contributed by atoms with E-state index in [-0.39, 0.29) is 12.0 Å². The van der Waals surface area contributed by atoms with Crippen LogP contribution < -0.4 is 0 Å². The Hall–Kier alpha value is -1.64. The summed E-state index contributed by atoms with van der Waals surface area (Å²) >= 11 is 0. The van der Waals surface area contributed by atoms with Gasteiger partial charge in [0, 0.05) is 0 Å². The summed E-state index contributed by atoms with van der Waals surface area (Å²) in [6.45, 7) is 2.54. The predicted octanol–water partition coefficient (Wildman–Crippen LogP) is 3.70. The Kier molecular flexibility index (Phi) is 5.13. The molecule has 3 nitrogen and oxygen atoms in total. The molecule has 0 bridgehead atoms. The van der Waals surface area contributed by atoms with Crippen molar-refractivity contribution in [2.75, 3.05) is 6.61 Å². The van der Waals surface area contributed by atoms with E-state index in [9.17, 15) is 4.79 Å². The zero-order chi connectivity index (χ0) is 13.5. The first-order chi connectivity index (χ1) is 9.31. The van der Waals surface area contributed by atoms with Gasteiger partial charge in [0.05, 0.1) is 0 Å². The fraction of sp³-hybridized carbons (Fsp3) is 0.500. The Bertz CT molecular complexity index is 439. The molecule has 1 atom stereocenters. The highest BCUT2D eigenvalue weighted by atomic mass is 16.5. The van der Waals surface area contributed by atoms with Crippen LogP contribution >= 0.6 is 0 Å². The highest BCUT2D eigenvalue weighted by Gasteiger charge is 2.23. The van der Waals surface area contributed by atoms with Crippen LogP contribution in [-0.4, -0.2) is 18.3 Å². The molecule has 0 amide bonds. The van der Waals surface area contributed by atoms with Crippen molar-refractivity contribution < 1.29 is 9.53 Å². The van der Waals surface area contributed by atoms with Crippen molar-refractivity contribution in [2.24, 2.45) is 4.99 Å². The van der Waals surface area contributed by atoms with Crippen molar-refractivity contribution in [1.29, 1.82) is 0 Å². The number of unbranched alkanes of at least 4 members (excludes halogenated alkanes) is 3. The largest absolute Gasteiger partial charge is 0.459 e. The molecule has 102 valence electrons. The maximum Gasteiger partial charge on any atom is 0.352 e. The first-order valence-electron chi connectivity index (χ1n) is 7.10. The van der Waals surface area contributed by atoms with Gasteiger partial charge in [0.1, 0.15) is 18.4 Å². The fourth-order valence-corrected chi connectivity index (χ4v) is 2.25. The molecule has 3 heteroatoms. The molecule has 0 aromatic heterocycles. The third kappa shape index (κ3) is 3.91. The highest BCUT2D eigenvalue weighted by molar-refractivity contribution is 6.36. The maximum absolute atomic E-state index is 11.7. The summed E-state index contributed by atoms with van der Waals surface area (Å²) in [6.07, 6.45) is 5.32. The van der Waals surface area contributed by atoms with Crippen molar-refractivity contribution in [3.63, 3.8) is 0 Å². The number of carbonyl (C=O) groups is 1. The van der Waals surface area contributed by atoms with Crippen LogP contribution in [0.2, 0.25) is 0 Å². The summed E-state index contributed by atoms with van der Waals surface area (Å²) in [7, 11) is 0. The van der Waals surface area contributed by atoms with E-state index in [1.807, 2.05) is 30.3 Å². The molecule has 1 aliphatic heterocycles. The number of cyclic esters (lactones) is 1. The number of nitrogens with zero attached hydrogens (tertiary/aromatic N) is 1. The molecule has 0 radical (unpaired) electrons. The average Bonchev–Trinajstić information content (AvgIpc) is 2.46. The SMILES string of the molecule is CCCCCCC1=N[C@H](c2ccccc2)COC1=O. The molecule has 0 fully saturated rings. The van der Waals surface area contributed by atoms with Gasteiger partial charge in [-0.15, -0.1) is 0 Å². The molecule has 1 aromatic rings. The molecular weight excluding hydrogens is 238 g/mol. The van der Waals surface area contributed by atoms with Crippen molar-refractivity contribution in [1.82, 2.24) is 0 Å². The molecule has 0 N–H and O–H groups in total. The van der Waals surface area contributed by atoms with Gasteiger partial charge in [-0.2, -0.15) is 0 Å². The Morgan fingerprint density at radius 2 is 2.00 bits per heavy atom. The first-order valence-corrected chi connectivity index (χ1v) is 7.10. The van der Waals surface area contributed by atoms with Crippen molar-refractivity contribution in [3.05, 3.63) is 35.9 Å². The molecule has 2 rings (SSSR count). The summed E-state index contributed by atoms with van der Waals surface area (Å²) in [6, 6.07) is 9.99. The van der Waals surface area contributed by atoms with E-state index in [4.69, 9.17) is 4.74 Å². The number of rotatable bonds is 6. The van der Waals surface area contributed by atoms with Gasteiger partial charge in [0.15, 0.2) is 0 Å². The van der Waals surface area contributed by atoms with E-state index >= 15 is 0 Å². The van der Waals surface area contributed by atoms with Crippen molar-refractivity contribution >= 4 is 11.7 Å². The van der Waals surface area contributed by atoms with Crippen LogP contribution in [0.4, 0.5) is 0 Å². The standard InChI is InChI=1S/C16H21NO2/c1-2-3-4-8-11-14-16(18)19-12-15(17-14)13-9-6-5-7-10-13/h5-7,9-10,15H,2-4,8,11-12H2,1H3/t15-/m0/s1. The third-order valence-corrected chi connectivity index (χ3v) is 3.37. The molecule has 0 saturated carbocycles. The van der Waals surface area contributed by atoms with Crippen LogP contribution in [0.15, 0.2) is 35.3 Å². The minimum absolute atomic E-state index is 0.0277. The second-order valence-corrected chi connectivity index (χ2v) is 4.91. The first kappa shape index (κ1) is 13.8. The number of aliphatic imine (C=N–C) groups is 1. The number of ether oxygens (including phenoxy) is 1. The third-order valence-electron chi connectivity index (χ3n) is 3.37. The van der Waals surface area contributed by atoms with Crippen LogP contribution in [-0.2, 0) is 9.53 Å². The number of esters is 1. The zero-order valence-electron chi connectivity index (χ0n) is 11.5. The van der Waals surface area contributed by atoms with Gasteiger partial charge in [-0.05, 0) is 18.4 Å². The van der Waals surface area contributed by atoms with Gasteiger partial charge in [-0.3, -0.25) is 4.99 Å². The van der Waals surface area contributed by atoms with Crippen LogP contribution in [0.5, 0.6) is 0 Å². The van der Waals surface area contributed by atoms with E-state index in [1.54, 1.807) is 0 Å². The lowest BCUT2D eigenvalue weighted by molar-refractivity contribution is -0.137. The number of hydrogen-bond acceptors (Lipinski definition) is 3. The van der Waals surface area contributed by atoms with Crippen molar-refractivity contribution in [2.45, 2.75) is 45.1 Å². The Balaban J connectivity index is 1.99. The molecule has 19 heavy (non-hydrogen) atoms. The Morgan fingerprint density at radius 3 is 2.74 bits per heavy atom. The predicted molar refractivity (Wildman–Crippen MR) is 76.3 cm³/mol. The summed E-state index contributed by atoms with van der Waals surface area (Å²) in [5, 5.41) is 0. The molecule has 0 unspecified atom stereocenters. The van der Waals surface area contributed by atoms with E-state index < -0.39 is 0 Å². The van der Waals surface area contributed by atoms with Crippen molar-refractivity contribution in [3.8, 4) is 0 Å². The van der Waals surface area contributed by atoms with E-state index in [0.29, 0.717) is 12.3 Å². The summed E-state index contributed by atoms with van der Waals surface area (Å²) < 4.78 is 5.24. The smallest absolute Gasteiger partial charge is 0.352 e. The zero-order valence-corrected chi connectivity index (χ0v) is 11.5. The van der Waals surface area contributed by atoms with Crippen LogP contribution in [0.3, 0.4) is 0 Å². The number of carbonyl (C=O) groups excluding carboxylic acids is 1. The van der Waals surface area contributed by atoms with Crippen LogP contribution in [0, 0.1) is 0 Å². The molecule has 1 heterocycles. The topological polar surface area (TPSA) is 38.7 Å². The lowest BCUT2D eigenvalue weighted by atomic mass is 10.1. The minimum atomic E-state index is -0.233. The molecule has 1 aliphatic rings. The molecule has 0 spiro atoms. The number of benzene rings is 1. The van der Waals surface area contributed by atoms with Gasteiger partial charge in [0.25, 0.3) is 0 Å². The van der Waals surface area contributed by atoms with Gasteiger partial charge < -0.3 is 4.74 Å². The van der Waals surface area contributed by atoms with Gasteiger partial charge >= 0.3 is 5.97 Å². The van der Waals surface area contributed by atoms with Gasteiger partial charge in [0.2, 0.25) is 0 Å². The monoisotopic (exact) mass is 259 g/mol.